The van der Waals surface area contributed by atoms with Crippen LogP contribution < -0.4 is 9.80 Å². The number of benzene rings is 1. The first kappa shape index (κ1) is 13.6. The summed E-state index contributed by atoms with van der Waals surface area (Å²) in [7, 11) is 0. The van der Waals surface area contributed by atoms with E-state index in [1.807, 2.05) is 0 Å². The standard InChI is InChI=1S/C18H20FN3/c19-16-4-6-18(20-12-16)22-10-7-14-11-17(5-3-15(14)13-22)21-8-1-2-9-21/h3-6,11-12H,1-2,7-10,13H2. The minimum absolute atomic E-state index is 0.281. The molecule has 0 unspecified atom stereocenters. The van der Waals surface area contributed by atoms with E-state index >= 15 is 0 Å². The van der Waals surface area contributed by atoms with Gasteiger partial charge in [-0.05, 0) is 54.7 Å². The predicted octanol–water partition coefficient (Wildman–Crippen LogP) is 3.38. The molecule has 22 heavy (non-hydrogen) atoms. The van der Waals surface area contributed by atoms with Gasteiger partial charge in [0, 0.05) is 31.9 Å². The summed E-state index contributed by atoms with van der Waals surface area (Å²) in [5, 5.41) is 0. The molecule has 1 fully saturated rings. The molecule has 0 N–H and O–H groups in total. The Labute approximate surface area is 130 Å². The molecule has 3 heterocycles. The van der Waals surface area contributed by atoms with Gasteiger partial charge in [-0.25, -0.2) is 9.37 Å². The molecular weight excluding hydrogens is 277 g/mol. The van der Waals surface area contributed by atoms with E-state index in [0.29, 0.717) is 0 Å². The molecule has 2 aliphatic heterocycles. The smallest absolute Gasteiger partial charge is 0.141 e. The van der Waals surface area contributed by atoms with Gasteiger partial charge in [-0.2, -0.15) is 0 Å². The Morgan fingerprint density at radius 1 is 0.909 bits per heavy atom. The van der Waals surface area contributed by atoms with Crippen LogP contribution in [-0.2, 0) is 13.0 Å². The van der Waals surface area contributed by atoms with Crippen molar-refractivity contribution >= 4 is 11.5 Å². The molecule has 1 aromatic heterocycles. The highest BCUT2D eigenvalue weighted by atomic mass is 19.1. The van der Waals surface area contributed by atoms with E-state index in [4.69, 9.17) is 0 Å². The summed E-state index contributed by atoms with van der Waals surface area (Å²) in [5.74, 6) is 0.576. The molecule has 2 aliphatic rings. The predicted molar refractivity (Wildman–Crippen MR) is 86.8 cm³/mol. The molecule has 114 valence electrons. The fourth-order valence-corrected chi connectivity index (χ4v) is 3.46. The second kappa shape index (κ2) is 5.59. The quantitative estimate of drug-likeness (QED) is 0.847. The maximum atomic E-state index is 13.0. The lowest BCUT2D eigenvalue weighted by Gasteiger charge is -2.31. The van der Waals surface area contributed by atoms with Crippen molar-refractivity contribution < 1.29 is 4.39 Å². The average Bonchev–Trinajstić information content (AvgIpc) is 3.09. The third-order valence-electron chi connectivity index (χ3n) is 4.71. The Hall–Kier alpha value is -2.10. The number of hydrogen-bond donors (Lipinski definition) is 0. The van der Waals surface area contributed by atoms with E-state index in [1.165, 1.54) is 55.0 Å². The van der Waals surface area contributed by atoms with E-state index in [-0.39, 0.29) is 5.82 Å². The van der Waals surface area contributed by atoms with Crippen molar-refractivity contribution in [2.45, 2.75) is 25.8 Å². The number of aromatic nitrogens is 1. The number of rotatable bonds is 2. The van der Waals surface area contributed by atoms with Crippen LogP contribution in [0.3, 0.4) is 0 Å². The zero-order valence-electron chi connectivity index (χ0n) is 12.6. The van der Waals surface area contributed by atoms with Crippen molar-refractivity contribution in [2.24, 2.45) is 0 Å². The summed E-state index contributed by atoms with van der Waals surface area (Å²) in [6.07, 6.45) is 4.93. The summed E-state index contributed by atoms with van der Waals surface area (Å²) in [5.41, 5.74) is 4.17. The maximum absolute atomic E-state index is 13.0. The van der Waals surface area contributed by atoms with Gasteiger partial charge in [-0.3, -0.25) is 0 Å². The van der Waals surface area contributed by atoms with Crippen LogP contribution in [0.2, 0.25) is 0 Å². The van der Waals surface area contributed by atoms with E-state index in [2.05, 4.69) is 33.0 Å². The van der Waals surface area contributed by atoms with Crippen LogP contribution in [0, 0.1) is 5.82 Å². The molecule has 1 saturated heterocycles. The topological polar surface area (TPSA) is 19.4 Å². The van der Waals surface area contributed by atoms with Crippen molar-refractivity contribution in [3.05, 3.63) is 53.5 Å². The van der Waals surface area contributed by atoms with Crippen LogP contribution in [0.15, 0.2) is 36.5 Å². The Morgan fingerprint density at radius 2 is 1.77 bits per heavy atom. The molecule has 0 saturated carbocycles. The fourth-order valence-electron chi connectivity index (χ4n) is 3.46. The van der Waals surface area contributed by atoms with Gasteiger partial charge in [0.15, 0.2) is 0 Å². The number of hydrogen-bond acceptors (Lipinski definition) is 3. The zero-order valence-corrected chi connectivity index (χ0v) is 12.6. The molecule has 2 aromatic rings. The maximum Gasteiger partial charge on any atom is 0.141 e. The summed E-state index contributed by atoms with van der Waals surface area (Å²) >= 11 is 0. The van der Waals surface area contributed by atoms with Gasteiger partial charge in [0.25, 0.3) is 0 Å². The largest absolute Gasteiger partial charge is 0.372 e. The number of anilines is 2. The van der Waals surface area contributed by atoms with Crippen molar-refractivity contribution in [1.82, 2.24) is 4.98 Å². The highest BCUT2D eigenvalue weighted by Gasteiger charge is 2.19. The lowest BCUT2D eigenvalue weighted by atomic mass is 9.98. The molecule has 0 aliphatic carbocycles. The van der Waals surface area contributed by atoms with Gasteiger partial charge in [0.05, 0.1) is 6.20 Å². The summed E-state index contributed by atoms with van der Waals surface area (Å²) in [6.45, 7) is 4.16. The fraction of sp³-hybridized carbons (Fsp3) is 0.389. The second-order valence-electron chi connectivity index (χ2n) is 6.15. The molecule has 0 radical (unpaired) electrons. The molecule has 1 aromatic carbocycles. The molecule has 0 atom stereocenters. The van der Waals surface area contributed by atoms with Crippen LogP contribution >= 0.6 is 0 Å². The molecule has 4 rings (SSSR count). The minimum atomic E-state index is -0.281. The van der Waals surface area contributed by atoms with Crippen LogP contribution in [0.25, 0.3) is 0 Å². The number of halogens is 1. The van der Waals surface area contributed by atoms with E-state index in [9.17, 15) is 4.39 Å². The number of nitrogens with zero attached hydrogens (tertiary/aromatic N) is 3. The lowest BCUT2D eigenvalue weighted by molar-refractivity contribution is 0.619. The lowest BCUT2D eigenvalue weighted by Crippen LogP contribution is -2.31. The molecule has 0 spiro atoms. The third-order valence-corrected chi connectivity index (χ3v) is 4.71. The van der Waals surface area contributed by atoms with E-state index in [0.717, 1.165) is 25.3 Å². The first-order valence-corrected chi connectivity index (χ1v) is 8.03. The summed E-state index contributed by atoms with van der Waals surface area (Å²) < 4.78 is 13.0. The Morgan fingerprint density at radius 3 is 2.55 bits per heavy atom. The normalized spacial score (nSPS) is 17.7. The van der Waals surface area contributed by atoms with Crippen molar-refractivity contribution in [2.75, 3.05) is 29.4 Å². The first-order chi connectivity index (χ1) is 10.8. The Kier molecular flexibility index (Phi) is 3.45. The van der Waals surface area contributed by atoms with Crippen molar-refractivity contribution in [3.8, 4) is 0 Å². The summed E-state index contributed by atoms with van der Waals surface area (Å²) in [6, 6.07) is 10.1. The third kappa shape index (κ3) is 2.54. The van der Waals surface area contributed by atoms with Crippen LogP contribution in [0.1, 0.15) is 24.0 Å². The Bertz CT molecular complexity index is 663. The zero-order chi connectivity index (χ0) is 14.9. The van der Waals surface area contributed by atoms with Crippen LogP contribution in [-0.4, -0.2) is 24.6 Å². The highest BCUT2D eigenvalue weighted by molar-refractivity contribution is 5.54. The van der Waals surface area contributed by atoms with Gasteiger partial charge in [-0.15, -0.1) is 0 Å². The molecule has 0 amide bonds. The van der Waals surface area contributed by atoms with Gasteiger partial charge in [-0.1, -0.05) is 6.07 Å². The average molecular weight is 297 g/mol. The second-order valence-corrected chi connectivity index (χ2v) is 6.15. The first-order valence-electron chi connectivity index (χ1n) is 8.03. The molecular formula is C18H20FN3. The van der Waals surface area contributed by atoms with E-state index in [1.54, 1.807) is 6.07 Å². The molecule has 3 nitrogen and oxygen atoms in total. The van der Waals surface area contributed by atoms with E-state index < -0.39 is 0 Å². The minimum Gasteiger partial charge on any atom is -0.372 e. The van der Waals surface area contributed by atoms with Crippen molar-refractivity contribution in [3.63, 3.8) is 0 Å². The Balaban J connectivity index is 1.55. The number of pyridine rings is 1. The SMILES string of the molecule is Fc1ccc(N2CCc3cc(N4CCCC4)ccc3C2)nc1. The van der Waals surface area contributed by atoms with Gasteiger partial charge >= 0.3 is 0 Å². The monoisotopic (exact) mass is 297 g/mol. The van der Waals surface area contributed by atoms with Crippen molar-refractivity contribution in [1.29, 1.82) is 0 Å². The highest BCUT2D eigenvalue weighted by Crippen LogP contribution is 2.28. The summed E-state index contributed by atoms with van der Waals surface area (Å²) in [4.78, 5) is 8.90. The molecule has 0 bridgehead atoms. The van der Waals surface area contributed by atoms with Crippen LogP contribution in [0.5, 0.6) is 0 Å². The van der Waals surface area contributed by atoms with Gasteiger partial charge < -0.3 is 9.80 Å². The van der Waals surface area contributed by atoms with Gasteiger partial charge in [0.1, 0.15) is 11.6 Å². The molecule has 4 heteroatoms. The van der Waals surface area contributed by atoms with Crippen LogP contribution in [0.4, 0.5) is 15.9 Å². The number of fused-ring (bicyclic) bond motifs is 1. The van der Waals surface area contributed by atoms with Gasteiger partial charge in [0.2, 0.25) is 0 Å².